The second-order valence-corrected chi connectivity index (χ2v) is 7.80. The molecule has 6 heteroatoms. The Labute approximate surface area is 182 Å². The average Bonchev–Trinajstić information content (AvgIpc) is 2.82. The molecule has 0 saturated heterocycles. The van der Waals surface area contributed by atoms with E-state index in [0.29, 0.717) is 19.7 Å². The first-order valence-corrected chi connectivity index (χ1v) is 10.7. The van der Waals surface area contributed by atoms with Gasteiger partial charge in [-0.25, -0.2) is 14.8 Å². The molecule has 0 saturated carbocycles. The fourth-order valence-corrected chi connectivity index (χ4v) is 3.76. The van der Waals surface area contributed by atoms with Crippen molar-refractivity contribution < 1.29 is 14.6 Å². The topological polar surface area (TPSA) is 75.5 Å². The third-order valence-corrected chi connectivity index (χ3v) is 5.66. The molecule has 1 aliphatic rings. The highest BCUT2D eigenvalue weighted by molar-refractivity contribution is 5.65. The van der Waals surface area contributed by atoms with E-state index in [1.54, 1.807) is 0 Å². The van der Waals surface area contributed by atoms with E-state index < -0.39 is 6.09 Å². The van der Waals surface area contributed by atoms with Crippen molar-refractivity contribution in [2.75, 3.05) is 13.2 Å². The Balaban J connectivity index is 1.26. The minimum Gasteiger partial charge on any atom is -0.494 e. The van der Waals surface area contributed by atoms with Gasteiger partial charge in [-0.15, -0.1) is 0 Å². The third kappa shape index (κ3) is 5.20. The molecule has 0 spiro atoms. The van der Waals surface area contributed by atoms with Gasteiger partial charge < -0.3 is 14.7 Å². The zero-order chi connectivity index (χ0) is 21.6. The summed E-state index contributed by atoms with van der Waals surface area (Å²) in [5.74, 6) is 1.61. The largest absolute Gasteiger partial charge is 0.494 e. The Hall–Kier alpha value is -3.41. The first-order chi connectivity index (χ1) is 15.1. The maximum Gasteiger partial charge on any atom is 0.407 e. The molecule has 0 unspecified atom stereocenters. The Kier molecular flexibility index (Phi) is 6.46. The van der Waals surface area contributed by atoms with E-state index in [9.17, 15) is 4.79 Å². The lowest BCUT2D eigenvalue weighted by atomic mass is 10.00. The summed E-state index contributed by atoms with van der Waals surface area (Å²) in [6.07, 6.45) is 6.44. The van der Waals surface area contributed by atoms with Crippen molar-refractivity contribution in [1.29, 1.82) is 0 Å². The molecule has 4 rings (SSSR count). The Morgan fingerprint density at radius 3 is 2.55 bits per heavy atom. The summed E-state index contributed by atoms with van der Waals surface area (Å²) in [5, 5.41) is 9.14. The molecular weight excluding hydrogens is 390 g/mol. The van der Waals surface area contributed by atoms with E-state index in [-0.39, 0.29) is 0 Å². The van der Waals surface area contributed by atoms with Crippen molar-refractivity contribution in [2.24, 2.45) is 0 Å². The van der Waals surface area contributed by atoms with Gasteiger partial charge in [0.15, 0.2) is 5.82 Å². The van der Waals surface area contributed by atoms with Gasteiger partial charge in [-0.1, -0.05) is 37.3 Å². The minimum absolute atomic E-state index is 0.453. The molecule has 1 aliphatic heterocycles. The number of ether oxygens (including phenoxy) is 1. The van der Waals surface area contributed by atoms with Crippen molar-refractivity contribution in [3.63, 3.8) is 0 Å². The molecule has 1 amide bonds. The number of nitrogens with zero attached hydrogens (tertiary/aromatic N) is 3. The second kappa shape index (κ2) is 9.60. The first-order valence-electron chi connectivity index (χ1n) is 10.7. The number of hydrogen-bond donors (Lipinski definition) is 1. The smallest absolute Gasteiger partial charge is 0.407 e. The quantitative estimate of drug-likeness (QED) is 0.561. The third-order valence-electron chi connectivity index (χ3n) is 5.66. The molecular formula is C25H27N3O3. The number of fused-ring (bicyclic) bond motifs is 1. The molecule has 3 aromatic rings. The van der Waals surface area contributed by atoms with E-state index in [1.807, 2.05) is 30.6 Å². The number of hydrogen-bond acceptors (Lipinski definition) is 4. The van der Waals surface area contributed by atoms with Gasteiger partial charge in [-0.3, -0.25) is 0 Å². The van der Waals surface area contributed by atoms with Crippen LogP contribution in [-0.2, 0) is 25.8 Å². The number of benzene rings is 2. The van der Waals surface area contributed by atoms with Crippen LogP contribution in [0.5, 0.6) is 5.75 Å². The van der Waals surface area contributed by atoms with Crippen molar-refractivity contribution in [1.82, 2.24) is 14.9 Å². The molecule has 6 nitrogen and oxygen atoms in total. The molecule has 160 valence electrons. The van der Waals surface area contributed by atoms with Gasteiger partial charge in [0, 0.05) is 31.0 Å². The Morgan fingerprint density at radius 2 is 1.84 bits per heavy atom. The van der Waals surface area contributed by atoms with Crippen LogP contribution in [0.1, 0.15) is 35.6 Å². The van der Waals surface area contributed by atoms with Gasteiger partial charge in [0.05, 0.1) is 6.61 Å². The predicted octanol–water partition coefficient (Wildman–Crippen LogP) is 4.75. The zero-order valence-corrected chi connectivity index (χ0v) is 17.8. The van der Waals surface area contributed by atoms with Crippen LogP contribution in [0.2, 0.25) is 0 Å². The lowest BCUT2D eigenvalue weighted by molar-refractivity contribution is 0.140. The van der Waals surface area contributed by atoms with Gasteiger partial charge >= 0.3 is 6.09 Å². The molecule has 0 radical (unpaired) electrons. The van der Waals surface area contributed by atoms with Gasteiger partial charge in [0.25, 0.3) is 0 Å². The number of aryl methyl sites for hydroxylation is 2. The molecule has 0 aliphatic carbocycles. The van der Waals surface area contributed by atoms with Crippen molar-refractivity contribution >= 4 is 6.09 Å². The summed E-state index contributed by atoms with van der Waals surface area (Å²) in [6, 6.07) is 14.4. The van der Waals surface area contributed by atoms with Crippen LogP contribution in [0.3, 0.4) is 0 Å². The number of carboxylic acid groups (broad SMARTS) is 1. The summed E-state index contributed by atoms with van der Waals surface area (Å²) in [6.45, 7) is 3.73. The van der Waals surface area contributed by atoms with Crippen LogP contribution in [0.25, 0.3) is 11.4 Å². The summed E-state index contributed by atoms with van der Waals surface area (Å²) in [5.41, 5.74) is 5.67. The van der Waals surface area contributed by atoms with E-state index in [1.165, 1.54) is 16.0 Å². The van der Waals surface area contributed by atoms with Crippen LogP contribution in [0.15, 0.2) is 54.9 Å². The number of rotatable bonds is 7. The van der Waals surface area contributed by atoms with Crippen molar-refractivity contribution in [2.45, 2.75) is 39.2 Å². The molecule has 31 heavy (non-hydrogen) atoms. The molecule has 0 fully saturated rings. The fraction of sp³-hybridized carbons (Fsp3) is 0.320. The van der Waals surface area contributed by atoms with Gasteiger partial charge in [0.1, 0.15) is 5.75 Å². The van der Waals surface area contributed by atoms with E-state index >= 15 is 0 Å². The molecule has 0 atom stereocenters. The second-order valence-electron chi connectivity index (χ2n) is 7.80. The summed E-state index contributed by atoms with van der Waals surface area (Å²) >= 11 is 0. The van der Waals surface area contributed by atoms with Crippen molar-refractivity contribution in [3.05, 3.63) is 77.1 Å². The fourth-order valence-electron chi connectivity index (χ4n) is 3.76. The van der Waals surface area contributed by atoms with Crippen molar-refractivity contribution in [3.8, 4) is 17.1 Å². The highest BCUT2D eigenvalue weighted by Gasteiger charge is 2.20. The van der Waals surface area contributed by atoms with E-state index in [4.69, 9.17) is 9.84 Å². The molecule has 2 heterocycles. The summed E-state index contributed by atoms with van der Waals surface area (Å²) < 4.78 is 5.93. The molecule has 0 bridgehead atoms. The number of amides is 1. The molecule has 2 aromatic carbocycles. The minimum atomic E-state index is -0.860. The zero-order valence-electron chi connectivity index (χ0n) is 17.8. The van der Waals surface area contributed by atoms with Crippen LogP contribution in [-0.4, -0.2) is 39.2 Å². The maximum atomic E-state index is 11.1. The lowest BCUT2D eigenvalue weighted by Crippen LogP contribution is -2.34. The Morgan fingerprint density at radius 1 is 1.06 bits per heavy atom. The normalized spacial score (nSPS) is 13.0. The summed E-state index contributed by atoms with van der Waals surface area (Å²) in [4.78, 5) is 21.5. The van der Waals surface area contributed by atoms with E-state index in [0.717, 1.165) is 53.9 Å². The number of carbonyl (C=O) groups is 1. The van der Waals surface area contributed by atoms with Gasteiger partial charge in [0.2, 0.25) is 0 Å². The highest BCUT2D eigenvalue weighted by atomic mass is 16.5. The summed E-state index contributed by atoms with van der Waals surface area (Å²) in [7, 11) is 0. The van der Waals surface area contributed by atoms with Crippen LogP contribution in [0.4, 0.5) is 4.79 Å². The maximum absolute atomic E-state index is 11.1. The van der Waals surface area contributed by atoms with Crippen LogP contribution < -0.4 is 4.74 Å². The number of aromatic nitrogens is 2. The molecule has 1 aromatic heterocycles. The average molecular weight is 418 g/mol. The molecule has 1 N–H and O–H groups in total. The predicted molar refractivity (Wildman–Crippen MR) is 119 cm³/mol. The SMILES string of the molecule is CCc1cnc(-c2ccc(CCCOc3ccc4c(c3)CCN(C(=O)O)C4)cc2)nc1. The van der Waals surface area contributed by atoms with Gasteiger partial charge in [-0.2, -0.15) is 0 Å². The van der Waals surface area contributed by atoms with Crippen LogP contribution in [0, 0.1) is 0 Å². The van der Waals surface area contributed by atoms with Crippen LogP contribution >= 0.6 is 0 Å². The highest BCUT2D eigenvalue weighted by Crippen LogP contribution is 2.24. The Bertz CT molecular complexity index is 1030. The lowest BCUT2D eigenvalue weighted by Gasteiger charge is -2.26. The van der Waals surface area contributed by atoms with E-state index in [2.05, 4.69) is 41.2 Å². The standard InChI is InChI=1S/C25H27N3O3/c1-2-18-15-26-24(27-16-18)20-7-5-19(6-8-20)4-3-13-31-23-10-9-22-17-28(25(29)30)12-11-21(22)14-23/h5-10,14-16H,2-4,11-13,17H2,1H3,(H,29,30). The monoisotopic (exact) mass is 417 g/mol. The van der Waals surface area contributed by atoms with Gasteiger partial charge in [-0.05, 0) is 60.1 Å². The first kappa shape index (κ1) is 20.8.